The normalized spacial score (nSPS) is 23.6. The number of carbonyl (C=O) groups excluding carboxylic acids is 2. The molecule has 0 radical (unpaired) electrons. The molecule has 4 atom stereocenters. The van der Waals surface area contributed by atoms with Crippen molar-refractivity contribution in [3.8, 4) is 0 Å². The zero-order valence-corrected chi connectivity index (χ0v) is 17.4. The molecule has 2 rings (SSSR count). The molecule has 1 aromatic heterocycles. The lowest BCUT2D eigenvalue weighted by molar-refractivity contribution is -0.151. The first-order valence-electron chi connectivity index (χ1n) is 8.80. The number of aromatic nitrogens is 2. The van der Waals surface area contributed by atoms with Gasteiger partial charge < -0.3 is 24.5 Å². The second kappa shape index (κ2) is 9.82. The van der Waals surface area contributed by atoms with Crippen molar-refractivity contribution < 1.29 is 36.4 Å². The molecule has 12 nitrogen and oxygen atoms in total. The van der Waals surface area contributed by atoms with Gasteiger partial charge in [0.05, 0.1) is 6.26 Å². The summed E-state index contributed by atoms with van der Waals surface area (Å²) in [5.41, 5.74) is -0.0912. The summed E-state index contributed by atoms with van der Waals surface area (Å²) in [6, 6.07) is 0. The Labute approximate surface area is 172 Å². The molecule has 166 valence electrons. The van der Waals surface area contributed by atoms with Gasteiger partial charge in [0.25, 0.3) is 10.1 Å². The highest BCUT2D eigenvalue weighted by Crippen LogP contribution is 2.29. The van der Waals surface area contributed by atoms with Gasteiger partial charge in [-0.3, -0.25) is 13.8 Å². The highest BCUT2D eigenvalue weighted by atomic mass is 32.2. The first-order chi connectivity index (χ1) is 14.0. The van der Waals surface area contributed by atoms with Crippen LogP contribution in [0.2, 0.25) is 0 Å². The lowest BCUT2D eigenvalue weighted by Crippen LogP contribution is -2.43. The number of nitrogens with one attached hydrogen (secondary N) is 2. The quantitative estimate of drug-likeness (QED) is 0.285. The molecule has 13 heteroatoms. The predicted octanol–water partition coefficient (Wildman–Crippen LogP) is -0.525. The third kappa shape index (κ3) is 6.64. The summed E-state index contributed by atoms with van der Waals surface area (Å²) < 4.78 is 44.4. The van der Waals surface area contributed by atoms with E-state index in [-0.39, 0.29) is 12.4 Å². The Balaban J connectivity index is 2.39. The minimum Gasteiger partial charge on any atom is -0.463 e. The molecule has 0 spiro atoms. The standard InChI is InChI=1S/C17H23N3O9S/c1-5-6-11-7-18-17(23)20-15(11)19-16-14(27-10(3)22)13(29-30(4,24)25)12(28-16)8-26-9(2)21/h5,7,12-14,16H,1,6,8H2,2-4H3,(H2,18,19,20,23)/t12-,13+,14-,16-/m1/s1. The van der Waals surface area contributed by atoms with Gasteiger partial charge in [-0.15, -0.1) is 6.58 Å². The molecule has 1 aliphatic rings. The number of allylic oxidation sites excluding steroid dienone is 1. The molecular formula is C17H23N3O9S. The van der Waals surface area contributed by atoms with Gasteiger partial charge in [-0.25, -0.2) is 4.79 Å². The maximum atomic E-state index is 11.7. The number of ether oxygens (including phenoxy) is 3. The smallest absolute Gasteiger partial charge is 0.346 e. The van der Waals surface area contributed by atoms with E-state index in [1.807, 2.05) is 0 Å². The van der Waals surface area contributed by atoms with Crippen molar-refractivity contribution in [3.05, 3.63) is 34.9 Å². The molecule has 1 aromatic rings. The summed E-state index contributed by atoms with van der Waals surface area (Å²) in [5.74, 6) is -1.23. The molecule has 0 aromatic carbocycles. The fourth-order valence-corrected chi connectivity index (χ4v) is 3.45. The third-order valence-corrected chi connectivity index (χ3v) is 4.45. The molecule has 0 bridgehead atoms. The van der Waals surface area contributed by atoms with Crippen molar-refractivity contribution >= 4 is 27.9 Å². The Morgan fingerprint density at radius 2 is 2.03 bits per heavy atom. The van der Waals surface area contributed by atoms with Crippen LogP contribution in [0.4, 0.5) is 5.82 Å². The minimum atomic E-state index is -3.99. The van der Waals surface area contributed by atoms with Gasteiger partial charge in [-0.1, -0.05) is 6.08 Å². The van der Waals surface area contributed by atoms with Crippen LogP contribution in [0.15, 0.2) is 23.6 Å². The van der Waals surface area contributed by atoms with Crippen LogP contribution in [0.1, 0.15) is 19.4 Å². The second-order valence-corrected chi connectivity index (χ2v) is 8.05. The van der Waals surface area contributed by atoms with Gasteiger partial charge in [0.15, 0.2) is 12.3 Å². The Bertz CT molecular complexity index is 959. The molecule has 2 N–H and O–H groups in total. The Morgan fingerprint density at radius 1 is 1.33 bits per heavy atom. The summed E-state index contributed by atoms with van der Waals surface area (Å²) in [5, 5.41) is 2.83. The topological polar surface area (TPSA) is 163 Å². The van der Waals surface area contributed by atoms with Crippen molar-refractivity contribution in [1.82, 2.24) is 9.97 Å². The lowest BCUT2D eigenvalue weighted by atomic mass is 10.1. The van der Waals surface area contributed by atoms with Crippen LogP contribution >= 0.6 is 0 Å². The molecule has 2 heterocycles. The number of nitrogens with zero attached hydrogens (tertiary/aromatic N) is 1. The second-order valence-electron chi connectivity index (χ2n) is 6.45. The van der Waals surface area contributed by atoms with Crippen molar-refractivity contribution in [2.75, 3.05) is 18.2 Å². The summed E-state index contributed by atoms with van der Waals surface area (Å²) in [4.78, 5) is 40.7. The number of anilines is 1. The molecule has 0 unspecified atom stereocenters. The summed E-state index contributed by atoms with van der Waals surface area (Å²) >= 11 is 0. The van der Waals surface area contributed by atoms with E-state index >= 15 is 0 Å². The molecule has 1 saturated heterocycles. The largest absolute Gasteiger partial charge is 0.463 e. The van der Waals surface area contributed by atoms with Crippen molar-refractivity contribution in [1.29, 1.82) is 0 Å². The Morgan fingerprint density at radius 3 is 2.60 bits per heavy atom. The molecule has 0 saturated carbocycles. The van der Waals surface area contributed by atoms with E-state index in [2.05, 4.69) is 21.9 Å². The van der Waals surface area contributed by atoms with E-state index in [0.29, 0.717) is 12.0 Å². The van der Waals surface area contributed by atoms with Crippen LogP contribution in [-0.2, 0) is 44.5 Å². The number of carbonyl (C=O) groups is 2. The number of rotatable bonds is 9. The van der Waals surface area contributed by atoms with Crippen molar-refractivity contribution in [3.63, 3.8) is 0 Å². The first kappa shape index (κ1) is 23.5. The third-order valence-electron chi connectivity index (χ3n) is 3.88. The van der Waals surface area contributed by atoms with E-state index in [4.69, 9.17) is 18.4 Å². The fourth-order valence-electron chi connectivity index (χ4n) is 2.81. The highest BCUT2D eigenvalue weighted by molar-refractivity contribution is 7.86. The van der Waals surface area contributed by atoms with Crippen LogP contribution in [0.3, 0.4) is 0 Å². The number of aromatic amines is 1. The predicted molar refractivity (Wildman–Crippen MR) is 103 cm³/mol. The van der Waals surface area contributed by atoms with E-state index in [1.54, 1.807) is 6.08 Å². The monoisotopic (exact) mass is 445 g/mol. The van der Waals surface area contributed by atoms with E-state index < -0.39 is 52.3 Å². The number of hydrogen-bond acceptors (Lipinski definition) is 11. The Hall–Kier alpha value is -2.77. The van der Waals surface area contributed by atoms with E-state index in [0.717, 1.165) is 13.2 Å². The SMILES string of the molecule is C=CCc1c[nH]c(=O)nc1N[C@@H]1O[C@H](COC(C)=O)[C@H](OS(C)(=O)=O)[C@H]1OC(C)=O. The van der Waals surface area contributed by atoms with Gasteiger partial charge in [-0.05, 0) is 6.42 Å². The van der Waals surface area contributed by atoms with Crippen LogP contribution in [0.5, 0.6) is 0 Å². The number of hydrogen-bond donors (Lipinski definition) is 2. The highest BCUT2D eigenvalue weighted by Gasteiger charge is 2.50. The molecule has 1 fully saturated rings. The van der Waals surface area contributed by atoms with Gasteiger partial charge in [0.1, 0.15) is 24.6 Å². The zero-order chi connectivity index (χ0) is 22.5. The maximum absolute atomic E-state index is 11.7. The lowest BCUT2D eigenvalue weighted by Gasteiger charge is -2.23. The fraction of sp³-hybridized carbons (Fsp3) is 0.529. The minimum absolute atomic E-state index is 0.118. The van der Waals surface area contributed by atoms with Gasteiger partial charge in [0.2, 0.25) is 0 Å². The maximum Gasteiger partial charge on any atom is 0.346 e. The molecule has 0 aliphatic carbocycles. The summed E-state index contributed by atoms with van der Waals surface area (Å²) in [6.07, 6.45) is -0.635. The van der Waals surface area contributed by atoms with E-state index in [1.165, 1.54) is 13.1 Å². The number of H-pyrrole nitrogens is 1. The van der Waals surface area contributed by atoms with Gasteiger partial charge >= 0.3 is 17.6 Å². The molecule has 1 aliphatic heterocycles. The Kier molecular flexibility index (Phi) is 7.70. The summed E-state index contributed by atoms with van der Waals surface area (Å²) in [6.45, 7) is 5.57. The van der Waals surface area contributed by atoms with Crippen molar-refractivity contribution in [2.45, 2.75) is 44.8 Å². The zero-order valence-electron chi connectivity index (χ0n) is 16.6. The molecule has 30 heavy (non-hydrogen) atoms. The molecular weight excluding hydrogens is 422 g/mol. The van der Waals surface area contributed by atoms with Crippen molar-refractivity contribution in [2.24, 2.45) is 0 Å². The van der Waals surface area contributed by atoms with Crippen LogP contribution in [0, 0.1) is 0 Å². The average molecular weight is 445 g/mol. The average Bonchev–Trinajstić information content (AvgIpc) is 2.90. The summed E-state index contributed by atoms with van der Waals surface area (Å²) in [7, 11) is -3.99. The molecule has 0 amide bonds. The van der Waals surface area contributed by atoms with E-state index in [9.17, 15) is 22.8 Å². The van der Waals surface area contributed by atoms with Crippen LogP contribution in [0.25, 0.3) is 0 Å². The van der Waals surface area contributed by atoms with Gasteiger partial charge in [-0.2, -0.15) is 13.4 Å². The van der Waals surface area contributed by atoms with Gasteiger partial charge in [0, 0.05) is 25.6 Å². The van der Waals surface area contributed by atoms with Crippen LogP contribution < -0.4 is 11.0 Å². The first-order valence-corrected chi connectivity index (χ1v) is 10.6. The van der Waals surface area contributed by atoms with Crippen LogP contribution in [-0.4, -0.2) is 67.7 Å². The number of esters is 2.